The number of halogens is 3. The van der Waals surface area contributed by atoms with Gasteiger partial charge in [0.25, 0.3) is 0 Å². The molecule has 1 aromatic heterocycles. The van der Waals surface area contributed by atoms with Crippen LogP contribution in [0.1, 0.15) is 28.6 Å². The summed E-state index contributed by atoms with van der Waals surface area (Å²) < 4.78 is 38.1. The molecule has 0 saturated carbocycles. The normalized spacial score (nSPS) is 12.2. The van der Waals surface area contributed by atoms with Crippen molar-refractivity contribution in [2.45, 2.75) is 20.0 Å². The molecule has 0 saturated heterocycles. The Morgan fingerprint density at radius 2 is 1.59 bits per heavy atom. The van der Waals surface area contributed by atoms with Gasteiger partial charge in [-0.15, -0.1) is 5.10 Å². The molecule has 11 heteroatoms. The van der Waals surface area contributed by atoms with Gasteiger partial charge in [-0.3, -0.25) is 5.43 Å². The molecule has 3 rings (SSSR count). The molecule has 0 spiro atoms. The number of nitrogens with zero attached hydrogens (tertiary/aromatic N) is 4. The average Bonchev–Trinajstić information content (AvgIpc) is 3.12. The Kier molecular flexibility index (Phi) is 6.89. The molecule has 166 valence electrons. The van der Waals surface area contributed by atoms with Crippen molar-refractivity contribution in [3.63, 3.8) is 0 Å². The number of hydrazone groups is 1. The predicted molar refractivity (Wildman–Crippen MR) is 123 cm³/mol. The smallest absolute Gasteiger partial charge is 0.369 e. The Balaban J connectivity index is 1.65. The maximum atomic E-state index is 12.7. The molecule has 7 nitrogen and oxygen atoms in total. The molecule has 0 aliphatic rings. The second-order valence-corrected chi connectivity index (χ2v) is 7.71. The van der Waals surface area contributed by atoms with Crippen molar-refractivity contribution in [1.82, 2.24) is 4.98 Å². The molecule has 5 N–H and O–H groups in total. The first-order valence-electron chi connectivity index (χ1n) is 9.31. The molecular weight excluding hydrogens is 439 g/mol. The molecule has 0 aliphatic heterocycles. The van der Waals surface area contributed by atoms with E-state index in [4.69, 9.17) is 11.5 Å². The van der Waals surface area contributed by atoms with E-state index in [-0.39, 0.29) is 5.96 Å². The number of hydrogen-bond acceptors (Lipinski definition) is 6. The number of anilines is 1. The van der Waals surface area contributed by atoms with Crippen molar-refractivity contribution in [3.8, 4) is 11.1 Å². The molecule has 0 radical (unpaired) electrons. The van der Waals surface area contributed by atoms with Crippen molar-refractivity contribution >= 4 is 34.4 Å². The van der Waals surface area contributed by atoms with E-state index in [0.29, 0.717) is 16.4 Å². The van der Waals surface area contributed by atoms with Crippen molar-refractivity contribution in [1.29, 1.82) is 0 Å². The van der Waals surface area contributed by atoms with Gasteiger partial charge in [-0.1, -0.05) is 47.7 Å². The van der Waals surface area contributed by atoms with E-state index in [2.05, 4.69) is 25.7 Å². The molecule has 1 heterocycles. The number of benzene rings is 2. The van der Waals surface area contributed by atoms with Gasteiger partial charge in [-0.25, -0.2) is 4.98 Å². The number of rotatable bonds is 6. The Hall–Kier alpha value is -3.73. The van der Waals surface area contributed by atoms with Gasteiger partial charge < -0.3 is 11.5 Å². The molecule has 0 amide bonds. The molecular formula is C21H20F3N7S. The summed E-state index contributed by atoms with van der Waals surface area (Å²) in [4.78, 5) is 5.22. The van der Waals surface area contributed by atoms with Crippen molar-refractivity contribution in [2.24, 2.45) is 26.8 Å². The quantitative estimate of drug-likeness (QED) is 0.284. The predicted octanol–water partition coefficient (Wildman–Crippen LogP) is 4.58. The second kappa shape index (κ2) is 9.60. The van der Waals surface area contributed by atoms with E-state index in [1.807, 2.05) is 31.2 Å². The number of aryl methyl sites for hydroxylation is 1. The van der Waals surface area contributed by atoms with Gasteiger partial charge in [-0.05, 0) is 42.7 Å². The zero-order chi connectivity index (χ0) is 23.3. The topological polar surface area (TPSA) is 114 Å². The van der Waals surface area contributed by atoms with Crippen LogP contribution in [-0.4, -0.2) is 22.9 Å². The van der Waals surface area contributed by atoms with Crippen molar-refractivity contribution in [2.75, 3.05) is 5.43 Å². The molecule has 0 aliphatic carbocycles. The highest BCUT2D eigenvalue weighted by molar-refractivity contribution is 7.17. The molecule has 0 fully saturated rings. The van der Waals surface area contributed by atoms with E-state index < -0.39 is 11.7 Å². The molecule has 0 unspecified atom stereocenters. The van der Waals surface area contributed by atoms with Gasteiger partial charge in [0.1, 0.15) is 0 Å². The van der Waals surface area contributed by atoms with Crippen LogP contribution >= 0.6 is 11.3 Å². The van der Waals surface area contributed by atoms with E-state index in [1.165, 1.54) is 23.5 Å². The summed E-state index contributed by atoms with van der Waals surface area (Å²) in [7, 11) is 0. The summed E-state index contributed by atoms with van der Waals surface area (Å²) in [6.45, 7) is 3.62. The van der Waals surface area contributed by atoms with Crippen LogP contribution < -0.4 is 16.9 Å². The van der Waals surface area contributed by atoms with Crippen LogP contribution in [0.25, 0.3) is 11.1 Å². The van der Waals surface area contributed by atoms with Crippen LogP contribution in [0.4, 0.5) is 18.3 Å². The molecule has 0 atom stereocenters. The lowest BCUT2D eigenvalue weighted by molar-refractivity contribution is -0.137. The zero-order valence-corrected chi connectivity index (χ0v) is 18.0. The van der Waals surface area contributed by atoms with Crippen LogP contribution in [0, 0.1) is 6.92 Å². The van der Waals surface area contributed by atoms with Crippen LogP contribution in [0.5, 0.6) is 0 Å². The maximum absolute atomic E-state index is 12.7. The highest BCUT2D eigenvalue weighted by Gasteiger charge is 2.29. The number of nitrogens with two attached hydrogens (primary N) is 2. The van der Waals surface area contributed by atoms with Gasteiger partial charge in [0.2, 0.25) is 11.1 Å². The third-order valence-corrected chi connectivity index (χ3v) is 5.44. The summed E-state index contributed by atoms with van der Waals surface area (Å²) >= 11 is 1.36. The Morgan fingerprint density at radius 1 is 1.00 bits per heavy atom. The van der Waals surface area contributed by atoms with E-state index in [1.54, 1.807) is 13.1 Å². The third kappa shape index (κ3) is 5.91. The number of hydrogen-bond donors (Lipinski definition) is 3. The minimum Gasteiger partial charge on any atom is -0.369 e. The highest BCUT2D eigenvalue weighted by atomic mass is 32.1. The van der Waals surface area contributed by atoms with Gasteiger partial charge in [-0.2, -0.15) is 23.4 Å². The fourth-order valence-electron chi connectivity index (χ4n) is 2.73. The molecule has 32 heavy (non-hydrogen) atoms. The van der Waals surface area contributed by atoms with Gasteiger partial charge in [0.15, 0.2) is 0 Å². The highest BCUT2D eigenvalue weighted by Crippen LogP contribution is 2.31. The number of aromatic nitrogens is 1. The molecule has 0 bridgehead atoms. The fraction of sp³-hybridized carbons (Fsp3) is 0.143. The lowest BCUT2D eigenvalue weighted by atomic mass is 10.0. The standard InChI is InChI=1S/C21H20F3N7S/c1-12-18(13(2)29-30-19(25)26)32-20(28-12)31-27-11-14-3-5-15(6-4-14)16-7-9-17(10-8-16)21(22,23)24/h3-11H,1-2H3,(H,28,31)(H4,25,26,30)/b27-11+,29-13+. The summed E-state index contributed by atoms with van der Waals surface area (Å²) in [6.07, 6.45) is -2.73. The summed E-state index contributed by atoms with van der Waals surface area (Å²) in [5.41, 5.74) is 16.5. The summed E-state index contributed by atoms with van der Waals surface area (Å²) in [6, 6.07) is 12.3. The van der Waals surface area contributed by atoms with Crippen LogP contribution in [0.15, 0.2) is 63.8 Å². The SMILES string of the molecule is C/C(=N\N=C(N)N)c1sc(N/N=C/c2ccc(-c3ccc(C(F)(F)F)cc3)cc2)nc1C. The summed E-state index contributed by atoms with van der Waals surface area (Å²) in [5, 5.41) is 12.3. The van der Waals surface area contributed by atoms with Gasteiger partial charge in [0, 0.05) is 0 Å². The van der Waals surface area contributed by atoms with Gasteiger partial charge in [0.05, 0.1) is 28.1 Å². The molecule has 2 aromatic carbocycles. The zero-order valence-electron chi connectivity index (χ0n) is 17.2. The van der Waals surface area contributed by atoms with E-state index in [0.717, 1.165) is 33.8 Å². The number of alkyl halides is 3. The van der Waals surface area contributed by atoms with Crippen molar-refractivity contribution in [3.05, 3.63) is 70.2 Å². The Bertz CT molecular complexity index is 1160. The lowest BCUT2D eigenvalue weighted by Gasteiger charge is -2.08. The van der Waals surface area contributed by atoms with Crippen LogP contribution in [0.3, 0.4) is 0 Å². The minimum atomic E-state index is -4.35. The second-order valence-electron chi connectivity index (χ2n) is 6.71. The Labute approximate surface area is 186 Å². The van der Waals surface area contributed by atoms with Crippen LogP contribution in [-0.2, 0) is 6.18 Å². The molecule has 3 aromatic rings. The number of guanidine groups is 1. The van der Waals surface area contributed by atoms with E-state index >= 15 is 0 Å². The third-order valence-electron chi connectivity index (χ3n) is 4.27. The van der Waals surface area contributed by atoms with E-state index in [9.17, 15) is 13.2 Å². The average molecular weight is 460 g/mol. The van der Waals surface area contributed by atoms with Gasteiger partial charge >= 0.3 is 6.18 Å². The Morgan fingerprint density at radius 3 is 2.16 bits per heavy atom. The first-order valence-corrected chi connectivity index (χ1v) is 10.1. The monoisotopic (exact) mass is 459 g/mol. The number of nitrogens with one attached hydrogen (secondary N) is 1. The fourth-order valence-corrected chi connectivity index (χ4v) is 3.59. The summed E-state index contributed by atoms with van der Waals surface area (Å²) in [5.74, 6) is -0.126. The lowest BCUT2D eigenvalue weighted by Crippen LogP contribution is -2.22. The van der Waals surface area contributed by atoms with Crippen LogP contribution in [0.2, 0.25) is 0 Å². The maximum Gasteiger partial charge on any atom is 0.416 e. The largest absolute Gasteiger partial charge is 0.416 e. The van der Waals surface area contributed by atoms with Crippen molar-refractivity contribution < 1.29 is 13.2 Å². The number of thiazole rings is 1. The minimum absolute atomic E-state index is 0.126. The first-order chi connectivity index (χ1) is 15.1. The first kappa shape index (κ1) is 22.9.